The van der Waals surface area contributed by atoms with E-state index in [0.717, 1.165) is 23.1 Å². The summed E-state index contributed by atoms with van der Waals surface area (Å²) >= 11 is 0. The highest BCUT2D eigenvalue weighted by Gasteiger charge is 2.17. The number of amides is 1. The van der Waals surface area contributed by atoms with E-state index in [2.05, 4.69) is 41.2 Å². The summed E-state index contributed by atoms with van der Waals surface area (Å²) in [4.78, 5) is 36.6. The van der Waals surface area contributed by atoms with Gasteiger partial charge in [-0.05, 0) is 47.7 Å². The summed E-state index contributed by atoms with van der Waals surface area (Å²) in [6.45, 7) is 4.83. The molecule has 162 valence electrons. The molecule has 0 aliphatic rings. The Bertz CT molecular complexity index is 1280. The molecule has 6 nitrogen and oxygen atoms in total. The molecule has 2 heterocycles. The molecule has 2 aromatic carbocycles. The molecule has 4 aromatic rings. The highest BCUT2D eigenvalue weighted by molar-refractivity contribution is 5.81. The van der Waals surface area contributed by atoms with Gasteiger partial charge in [0.25, 0.3) is 5.56 Å². The van der Waals surface area contributed by atoms with Crippen LogP contribution in [0.25, 0.3) is 10.9 Å². The fraction of sp³-hybridized carbons (Fsp3) is 0.231. The molecule has 0 N–H and O–H groups in total. The Morgan fingerprint density at radius 1 is 0.969 bits per heavy atom. The van der Waals surface area contributed by atoms with Crippen LogP contribution in [-0.2, 0) is 30.8 Å². The van der Waals surface area contributed by atoms with Crippen molar-refractivity contribution in [3.05, 3.63) is 106 Å². The molecule has 2 aromatic heterocycles. The van der Waals surface area contributed by atoms with E-state index < -0.39 is 0 Å². The Morgan fingerprint density at radius 2 is 1.72 bits per heavy atom. The van der Waals surface area contributed by atoms with E-state index in [0.29, 0.717) is 24.0 Å². The number of aryl methyl sites for hydroxylation is 2. The van der Waals surface area contributed by atoms with Gasteiger partial charge in [-0.1, -0.05) is 49.4 Å². The van der Waals surface area contributed by atoms with Gasteiger partial charge >= 0.3 is 0 Å². The minimum atomic E-state index is -0.208. The standard InChI is InChI=1S/C26H26N4O2/c1-3-20-9-11-21(12-10-20)15-29(16-22-7-5-13-27-14-22)24(31)17-30-18-28-25-19(2)6-4-8-23(25)26(30)32/h4-14,18H,3,15-17H2,1-2H3. The minimum absolute atomic E-state index is 0.0664. The molecule has 0 radical (unpaired) electrons. The van der Waals surface area contributed by atoms with E-state index in [1.54, 1.807) is 23.4 Å². The molecule has 6 heteroatoms. The Hall–Kier alpha value is -3.80. The normalized spacial score (nSPS) is 10.9. The number of carbonyl (C=O) groups is 1. The van der Waals surface area contributed by atoms with Crippen molar-refractivity contribution in [2.24, 2.45) is 0 Å². The van der Waals surface area contributed by atoms with Crippen LogP contribution >= 0.6 is 0 Å². The maximum atomic E-state index is 13.3. The average Bonchev–Trinajstić information content (AvgIpc) is 2.82. The predicted octanol–water partition coefficient (Wildman–Crippen LogP) is 3.89. The average molecular weight is 427 g/mol. The van der Waals surface area contributed by atoms with Crippen molar-refractivity contribution in [1.29, 1.82) is 0 Å². The third kappa shape index (κ3) is 4.75. The predicted molar refractivity (Wildman–Crippen MR) is 125 cm³/mol. The second kappa shape index (κ2) is 9.56. The van der Waals surface area contributed by atoms with Gasteiger partial charge in [0.15, 0.2) is 0 Å². The van der Waals surface area contributed by atoms with Crippen molar-refractivity contribution in [3.63, 3.8) is 0 Å². The van der Waals surface area contributed by atoms with Crippen LogP contribution in [-0.4, -0.2) is 25.3 Å². The summed E-state index contributed by atoms with van der Waals surface area (Å²) in [5, 5.41) is 0.522. The first-order valence-corrected chi connectivity index (χ1v) is 10.7. The maximum absolute atomic E-state index is 13.3. The van der Waals surface area contributed by atoms with E-state index in [1.165, 1.54) is 16.5 Å². The molecular formula is C26H26N4O2. The Morgan fingerprint density at radius 3 is 2.44 bits per heavy atom. The molecule has 32 heavy (non-hydrogen) atoms. The van der Waals surface area contributed by atoms with Crippen molar-refractivity contribution in [1.82, 2.24) is 19.4 Å². The van der Waals surface area contributed by atoms with Crippen LogP contribution in [0.2, 0.25) is 0 Å². The molecule has 0 aliphatic heterocycles. The zero-order valence-corrected chi connectivity index (χ0v) is 18.4. The molecule has 0 aliphatic carbocycles. The largest absolute Gasteiger partial charge is 0.332 e. The quantitative estimate of drug-likeness (QED) is 0.450. The number of pyridine rings is 1. The van der Waals surface area contributed by atoms with Crippen molar-refractivity contribution in [3.8, 4) is 0 Å². The number of hydrogen-bond acceptors (Lipinski definition) is 4. The number of carbonyl (C=O) groups excluding carboxylic acids is 1. The van der Waals surface area contributed by atoms with Crippen LogP contribution < -0.4 is 5.56 Å². The van der Waals surface area contributed by atoms with E-state index in [-0.39, 0.29) is 18.0 Å². The smallest absolute Gasteiger partial charge is 0.261 e. The lowest BCUT2D eigenvalue weighted by Gasteiger charge is -2.23. The van der Waals surface area contributed by atoms with E-state index in [4.69, 9.17) is 0 Å². The molecule has 0 spiro atoms. The van der Waals surface area contributed by atoms with Gasteiger partial charge < -0.3 is 4.90 Å². The summed E-state index contributed by atoms with van der Waals surface area (Å²) in [5.74, 6) is -0.149. The summed E-state index contributed by atoms with van der Waals surface area (Å²) in [5.41, 5.74) is 4.63. The number of hydrogen-bond donors (Lipinski definition) is 0. The van der Waals surface area contributed by atoms with E-state index in [1.807, 2.05) is 31.2 Å². The Balaban J connectivity index is 1.61. The monoisotopic (exact) mass is 426 g/mol. The molecule has 0 fully saturated rings. The lowest BCUT2D eigenvalue weighted by atomic mass is 10.1. The summed E-state index contributed by atoms with van der Waals surface area (Å²) in [6, 6.07) is 17.6. The molecule has 1 amide bonds. The lowest BCUT2D eigenvalue weighted by Crippen LogP contribution is -2.36. The molecule has 0 saturated carbocycles. The zero-order valence-electron chi connectivity index (χ0n) is 18.4. The van der Waals surface area contributed by atoms with Gasteiger partial charge in [-0.15, -0.1) is 0 Å². The van der Waals surface area contributed by atoms with Crippen LogP contribution in [0.3, 0.4) is 0 Å². The first-order chi connectivity index (χ1) is 15.5. The number of aromatic nitrogens is 3. The number of fused-ring (bicyclic) bond motifs is 1. The molecule has 0 bridgehead atoms. The van der Waals surface area contributed by atoms with Crippen molar-refractivity contribution >= 4 is 16.8 Å². The highest BCUT2D eigenvalue weighted by atomic mass is 16.2. The van der Waals surface area contributed by atoms with Crippen molar-refractivity contribution in [2.45, 2.75) is 39.9 Å². The van der Waals surface area contributed by atoms with Crippen molar-refractivity contribution < 1.29 is 4.79 Å². The first-order valence-electron chi connectivity index (χ1n) is 10.7. The van der Waals surface area contributed by atoms with E-state index >= 15 is 0 Å². The van der Waals surface area contributed by atoms with Gasteiger partial charge in [-0.3, -0.25) is 19.1 Å². The number of rotatable bonds is 7. The topological polar surface area (TPSA) is 68.1 Å². The van der Waals surface area contributed by atoms with Gasteiger partial charge in [0.05, 0.1) is 17.2 Å². The highest BCUT2D eigenvalue weighted by Crippen LogP contribution is 2.14. The zero-order chi connectivity index (χ0) is 22.5. The van der Waals surface area contributed by atoms with Gasteiger partial charge in [-0.2, -0.15) is 0 Å². The summed E-state index contributed by atoms with van der Waals surface area (Å²) in [6.07, 6.45) is 5.90. The Kier molecular flexibility index (Phi) is 6.40. The van der Waals surface area contributed by atoms with Crippen LogP contribution in [0.15, 0.2) is 78.1 Å². The molecule has 4 rings (SSSR count). The van der Waals surface area contributed by atoms with Gasteiger partial charge in [-0.25, -0.2) is 4.98 Å². The van der Waals surface area contributed by atoms with E-state index in [9.17, 15) is 9.59 Å². The van der Waals surface area contributed by atoms with Crippen LogP contribution in [0.4, 0.5) is 0 Å². The molecule has 0 saturated heterocycles. The third-order valence-electron chi connectivity index (χ3n) is 5.61. The number of nitrogens with zero attached hydrogens (tertiary/aromatic N) is 4. The lowest BCUT2D eigenvalue weighted by molar-refractivity contribution is -0.133. The third-order valence-corrected chi connectivity index (χ3v) is 5.61. The van der Waals surface area contributed by atoms with Crippen LogP contribution in [0.1, 0.15) is 29.2 Å². The second-order valence-corrected chi connectivity index (χ2v) is 7.93. The second-order valence-electron chi connectivity index (χ2n) is 7.93. The Labute approximate surface area is 187 Å². The SMILES string of the molecule is CCc1ccc(CN(Cc2cccnc2)C(=O)Cn2cnc3c(C)cccc3c2=O)cc1. The number of benzene rings is 2. The fourth-order valence-corrected chi connectivity index (χ4v) is 3.74. The molecule has 0 atom stereocenters. The van der Waals surface area contributed by atoms with Gasteiger partial charge in [0, 0.05) is 25.5 Å². The fourth-order valence-electron chi connectivity index (χ4n) is 3.74. The maximum Gasteiger partial charge on any atom is 0.261 e. The van der Waals surface area contributed by atoms with Crippen LogP contribution in [0, 0.1) is 6.92 Å². The molecular weight excluding hydrogens is 400 g/mol. The summed E-state index contributed by atoms with van der Waals surface area (Å²) in [7, 11) is 0. The van der Waals surface area contributed by atoms with Gasteiger partial charge in [0.1, 0.15) is 6.54 Å². The first kappa shape index (κ1) is 21.4. The number of para-hydroxylation sites is 1. The van der Waals surface area contributed by atoms with Gasteiger partial charge in [0.2, 0.25) is 5.91 Å². The van der Waals surface area contributed by atoms with Crippen LogP contribution in [0.5, 0.6) is 0 Å². The molecule has 0 unspecified atom stereocenters. The minimum Gasteiger partial charge on any atom is -0.332 e. The van der Waals surface area contributed by atoms with Crippen molar-refractivity contribution in [2.75, 3.05) is 0 Å². The summed E-state index contributed by atoms with van der Waals surface area (Å²) < 4.78 is 1.39.